The summed E-state index contributed by atoms with van der Waals surface area (Å²) >= 11 is 1.84. The summed E-state index contributed by atoms with van der Waals surface area (Å²) in [7, 11) is 0. The molecule has 0 unspecified atom stereocenters. The highest BCUT2D eigenvalue weighted by molar-refractivity contribution is 7.99. The second-order valence-electron chi connectivity index (χ2n) is 10.9. The third-order valence-corrected chi connectivity index (χ3v) is 9.54. The van der Waals surface area contributed by atoms with Crippen molar-refractivity contribution in [1.29, 1.82) is 0 Å². The molecular weight excluding hydrogens is 534 g/mol. The van der Waals surface area contributed by atoms with Crippen molar-refractivity contribution in [2.24, 2.45) is 0 Å². The van der Waals surface area contributed by atoms with Crippen LogP contribution in [-0.4, -0.2) is 41.9 Å². The monoisotopic (exact) mass is 568 g/mol. The van der Waals surface area contributed by atoms with E-state index in [9.17, 15) is 13.6 Å². The Labute approximate surface area is 245 Å². The van der Waals surface area contributed by atoms with Crippen molar-refractivity contribution >= 4 is 17.7 Å². The number of piperazine rings is 1. The molecule has 0 bridgehead atoms. The zero-order valence-electron chi connectivity index (χ0n) is 23.0. The molecule has 2 heterocycles. The first-order valence-electron chi connectivity index (χ1n) is 14.5. The topological polar surface area (TPSA) is 23.6 Å². The Balaban J connectivity index is 1.04. The van der Waals surface area contributed by atoms with Crippen molar-refractivity contribution in [2.75, 3.05) is 26.2 Å². The maximum Gasteiger partial charge on any atom is 0.222 e. The number of amides is 1. The van der Waals surface area contributed by atoms with Gasteiger partial charge in [0.15, 0.2) is 0 Å². The number of carbonyl (C=O) groups excluding carboxylic acids is 1. The number of benzene rings is 4. The molecule has 0 spiro atoms. The molecule has 6 rings (SSSR count). The van der Waals surface area contributed by atoms with E-state index in [4.69, 9.17) is 0 Å². The van der Waals surface area contributed by atoms with E-state index < -0.39 is 0 Å². The lowest BCUT2D eigenvalue weighted by Crippen LogP contribution is -2.50. The van der Waals surface area contributed by atoms with E-state index in [1.807, 2.05) is 16.7 Å². The summed E-state index contributed by atoms with van der Waals surface area (Å²) in [4.78, 5) is 20.3. The SMILES string of the molecule is O=C(CCCCC(c1ccc(F)cc1)c1ccc(F)cc1)N1CCN(C2c3ccccc3Sc3ccccc32)CC1. The van der Waals surface area contributed by atoms with Gasteiger partial charge in [0.2, 0.25) is 5.91 Å². The molecule has 1 fully saturated rings. The molecular formula is C35H34F2N2OS. The molecule has 210 valence electrons. The number of halogens is 2. The van der Waals surface area contributed by atoms with Gasteiger partial charge in [-0.25, -0.2) is 8.78 Å². The molecule has 4 aromatic carbocycles. The highest BCUT2D eigenvalue weighted by atomic mass is 32.2. The number of hydrogen-bond acceptors (Lipinski definition) is 3. The van der Waals surface area contributed by atoms with Gasteiger partial charge in [0.25, 0.3) is 0 Å². The first-order valence-corrected chi connectivity index (χ1v) is 15.3. The zero-order valence-corrected chi connectivity index (χ0v) is 23.8. The van der Waals surface area contributed by atoms with Gasteiger partial charge >= 0.3 is 0 Å². The van der Waals surface area contributed by atoms with Crippen LogP contribution in [0.4, 0.5) is 8.78 Å². The molecule has 0 N–H and O–H groups in total. The van der Waals surface area contributed by atoms with Gasteiger partial charge in [-0.3, -0.25) is 9.69 Å². The van der Waals surface area contributed by atoms with E-state index in [1.165, 1.54) is 45.2 Å². The van der Waals surface area contributed by atoms with E-state index in [2.05, 4.69) is 53.4 Å². The summed E-state index contributed by atoms with van der Waals surface area (Å²) in [5, 5.41) is 0. The minimum Gasteiger partial charge on any atom is -0.340 e. The van der Waals surface area contributed by atoms with E-state index in [0.717, 1.165) is 56.6 Å². The van der Waals surface area contributed by atoms with Gasteiger partial charge in [0, 0.05) is 48.3 Å². The average Bonchev–Trinajstić information content (AvgIpc) is 3.01. The molecule has 1 amide bonds. The minimum absolute atomic E-state index is 0.0364. The molecule has 0 aliphatic carbocycles. The summed E-state index contributed by atoms with van der Waals surface area (Å²) in [5.41, 5.74) is 4.72. The second kappa shape index (κ2) is 12.6. The van der Waals surface area contributed by atoms with Gasteiger partial charge < -0.3 is 4.90 Å². The van der Waals surface area contributed by atoms with Crippen molar-refractivity contribution in [3.8, 4) is 0 Å². The van der Waals surface area contributed by atoms with E-state index in [-0.39, 0.29) is 29.5 Å². The number of unbranched alkanes of at least 4 members (excludes halogenated alkanes) is 1. The zero-order chi connectivity index (χ0) is 28.2. The van der Waals surface area contributed by atoms with Crippen molar-refractivity contribution in [2.45, 2.75) is 47.4 Å². The third kappa shape index (κ3) is 6.24. The van der Waals surface area contributed by atoms with Gasteiger partial charge in [0.1, 0.15) is 11.6 Å². The largest absolute Gasteiger partial charge is 0.340 e. The molecule has 0 saturated carbocycles. The van der Waals surface area contributed by atoms with E-state index in [1.54, 1.807) is 24.3 Å². The van der Waals surface area contributed by atoms with Crippen molar-refractivity contribution in [3.05, 3.63) is 131 Å². The summed E-state index contributed by atoms with van der Waals surface area (Å²) in [5.74, 6) is -0.291. The van der Waals surface area contributed by atoms with Crippen LogP contribution in [0.1, 0.15) is 59.9 Å². The molecule has 3 nitrogen and oxygen atoms in total. The summed E-state index contributed by atoms with van der Waals surface area (Å²) in [6.45, 7) is 3.17. The predicted molar refractivity (Wildman–Crippen MR) is 160 cm³/mol. The molecule has 6 heteroatoms. The van der Waals surface area contributed by atoms with Gasteiger partial charge in [-0.05, 0) is 71.5 Å². The maximum atomic E-state index is 13.5. The average molecular weight is 569 g/mol. The summed E-state index contributed by atoms with van der Waals surface area (Å²) in [6, 6.07) is 30.7. The lowest BCUT2D eigenvalue weighted by Gasteiger charge is -2.42. The Morgan fingerprint density at radius 3 is 1.76 bits per heavy atom. The quantitative estimate of drug-likeness (QED) is 0.201. The Bertz CT molecular complexity index is 1390. The predicted octanol–water partition coefficient (Wildman–Crippen LogP) is 8.06. The van der Waals surface area contributed by atoms with Crippen LogP contribution in [-0.2, 0) is 4.79 Å². The Morgan fingerprint density at radius 1 is 0.707 bits per heavy atom. The standard InChI is InChI=1S/C35H34F2N2OS/c36-27-17-13-25(14-18-27)29(26-15-19-28(37)20-16-26)7-3-6-12-34(40)38-21-23-39(24-22-38)35-30-8-1-4-10-32(30)41-33-11-5-2-9-31(33)35/h1-2,4-5,8-11,13-20,29,35H,3,6-7,12,21-24H2. The van der Waals surface area contributed by atoms with Crippen LogP contribution in [0.5, 0.6) is 0 Å². The maximum absolute atomic E-state index is 13.5. The van der Waals surface area contributed by atoms with Crippen LogP contribution in [0.15, 0.2) is 107 Å². The molecule has 2 aliphatic heterocycles. The fraction of sp³-hybridized carbons (Fsp3) is 0.286. The van der Waals surface area contributed by atoms with Crippen LogP contribution in [0.2, 0.25) is 0 Å². The highest BCUT2D eigenvalue weighted by Crippen LogP contribution is 2.47. The first kappa shape index (κ1) is 27.7. The smallest absolute Gasteiger partial charge is 0.222 e. The summed E-state index contributed by atoms with van der Waals surface area (Å²) < 4.78 is 27.1. The molecule has 1 saturated heterocycles. The fourth-order valence-corrected chi connectivity index (χ4v) is 7.33. The Morgan fingerprint density at radius 2 is 1.22 bits per heavy atom. The molecule has 0 aromatic heterocycles. The number of carbonyl (C=O) groups is 1. The normalized spacial score (nSPS) is 15.5. The molecule has 4 aromatic rings. The Kier molecular flexibility index (Phi) is 8.49. The fourth-order valence-electron chi connectivity index (χ4n) is 6.21. The lowest BCUT2D eigenvalue weighted by atomic mass is 9.87. The van der Waals surface area contributed by atoms with Gasteiger partial charge in [-0.15, -0.1) is 0 Å². The molecule has 0 radical (unpaired) electrons. The molecule has 41 heavy (non-hydrogen) atoms. The number of rotatable bonds is 8. The van der Waals surface area contributed by atoms with Gasteiger partial charge in [-0.1, -0.05) is 78.8 Å². The number of hydrogen-bond donors (Lipinski definition) is 0. The lowest BCUT2D eigenvalue weighted by molar-refractivity contribution is -0.133. The van der Waals surface area contributed by atoms with Crippen LogP contribution >= 0.6 is 11.8 Å². The highest BCUT2D eigenvalue weighted by Gasteiger charge is 2.33. The van der Waals surface area contributed by atoms with Crippen LogP contribution in [0.25, 0.3) is 0 Å². The first-order chi connectivity index (χ1) is 20.1. The third-order valence-electron chi connectivity index (χ3n) is 8.36. The van der Waals surface area contributed by atoms with Gasteiger partial charge in [0.05, 0.1) is 6.04 Å². The minimum atomic E-state index is -0.270. The van der Waals surface area contributed by atoms with Crippen molar-refractivity contribution in [1.82, 2.24) is 9.80 Å². The molecule has 2 aliphatic rings. The van der Waals surface area contributed by atoms with Crippen molar-refractivity contribution in [3.63, 3.8) is 0 Å². The van der Waals surface area contributed by atoms with Crippen molar-refractivity contribution < 1.29 is 13.6 Å². The van der Waals surface area contributed by atoms with Crippen LogP contribution in [0, 0.1) is 11.6 Å². The summed E-state index contributed by atoms with van der Waals surface area (Å²) in [6.07, 6.45) is 2.99. The molecule has 0 atom stereocenters. The van der Waals surface area contributed by atoms with E-state index >= 15 is 0 Å². The van der Waals surface area contributed by atoms with Crippen LogP contribution in [0.3, 0.4) is 0 Å². The number of nitrogens with zero attached hydrogens (tertiary/aromatic N) is 2. The second-order valence-corrected chi connectivity index (χ2v) is 12.0. The van der Waals surface area contributed by atoms with Crippen LogP contribution < -0.4 is 0 Å². The van der Waals surface area contributed by atoms with Gasteiger partial charge in [-0.2, -0.15) is 0 Å². The number of fused-ring (bicyclic) bond motifs is 2. The Hall–Kier alpha value is -3.48. The van der Waals surface area contributed by atoms with E-state index in [0.29, 0.717) is 6.42 Å².